The minimum absolute atomic E-state index is 0.128. The molecule has 1 aromatic heterocycles. The molecular formula is C21H23N3O. The van der Waals surface area contributed by atoms with Crippen molar-refractivity contribution in [3.05, 3.63) is 71.4 Å². The standard InChI is InChI=1S/C21H23N3O/c1-21(2,3)17-10-8-15(9-11-17)14-22-24-20(25)13-18-12-16-6-4-5-7-19(16)23-18/h4-12,14,23H,13H2,1-3H3,(H,24,25). The van der Waals surface area contributed by atoms with Crippen molar-refractivity contribution in [1.82, 2.24) is 10.4 Å². The van der Waals surface area contributed by atoms with Gasteiger partial charge in [0.15, 0.2) is 0 Å². The molecule has 0 saturated heterocycles. The number of rotatable bonds is 4. The third-order valence-electron chi connectivity index (χ3n) is 4.12. The fourth-order valence-electron chi connectivity index (χ4n) is 2.69. The fourth-order valence-corrected chi connectivity index (χ4v) is 2.69. The van der Waals surface area contributed by atoms with Crippen molar-refractivity contribution in [1.29, 1.82) is 0 Å². The molecule has 1 amide bonds. The van der Waals surface area contributed by atoms with E-state index in [0.717, 1.165) is 22.2 Å². The predicted octanol–water partition coefficient (Wildman–Crippen LogP) is 4.16. The molecule has 0 atom stereocenters. The van der Waals surface area contributed by atoms with Crippen LogP contribution in [0.25, 0.3) is 10.9 Å². The Kier molecular flexibility index (Phi) is 4.70. The zero-order valence-corrected chi connectivity index (χ0v) is 14.8. The van der Waals surface area contributed by atoms with Gasteiger partial charge in [0.05, 0.1) is 12.6 Å². The maximum atomic E-state index is 12.0. The van der Waals surface area contributed by atoms with Crippen LogP contribution in [0.5, 0.6) is 0 Å². The molecule has 0 aliphatic heterocycles. The zero-order chi connectivity index (χ0) is 17.9. The monoisotopic (exact) mass is 333 g/mol. The molecule has 2 aromatic carbocycles. The molecular weight excluding hydrogens is 310 g/mol. The Hall–Kier alpha value is -2.88. The van der Waals surface area contributed by atoms with Gasteiger partial charge in [-0.1, -0.05) is 63.2 Å². The maximum Gasteiger partial charge on any atom is 0.245 e. The van der Waals surface area contributed by atoms with E-state index in [2.05, 4.69) is 48.4 Å². The van der Waals surface area contributed by atoms with Crippen LogP contribution >= 0.6 is 0 Å². The van der Waals surface area contributed by atoms with E-state index in [1.165, 1.54) is 5.56 Å². The van der Waals surface area contributed by atoms with Crippen LogP contribution in [0.15, 0.2) is 59.7 Å². The summed E-state index contributed by atoms with van der Waals surface area (Å²) in [6.07, 6.45) is 1.94. The molecule has 3 rings (SSSR count). The van der Waals surface area contributed by atoms with Crippen LogP contribution in [0.1, 0.15) is 37.6 Å². The molecule has 0 fully saturated rings. The lowest BCUT2D eigenvalue weighted by molar-refractivity contribution is -0.120. The van der Waals surface area contributed by atoms with E-state index in [1.807, 2.05) is 42.5 Å². The van der Waals surface area contributed by atoms with Crippen molar-refractivity contribution in [2.45, 2.75) is 32.6 Å². The molecule has 0 saturated carbocycles. The number of hydrazone groups is 1. The van der Waals surface area contributed by atoms with Gasteiger partial charge in [-0.25, -0.2) is 5.43 Å². The molecule has 25 heavy (non-hydrogen) atoms. The number of nitrogens with one attached hydrogen (secondary N) is 2. The van der Waals surface area contributed by atoms with Gasteiger partial charge in [0.25, 0.3) is 0 Å². The number of amides is 1. The molecule has 0 unspecified atom stereocenters. The van der Waals surface area contributed by atoms with E-state index in [0.29, 0.717) is 0 Å². The van der Waals surface area contributed by atoms with Crippen LogP contribution in [0.4, 0.5) is 0 Å². The molecule has 0 aliphatic carbocycles. The third-order valence-corrected chi connectivity index (χ3v) is 4.12. The first-order chi connectivity index (χ1) is 11.9. The Bertz CT molecular complexity index is 866. The number of hydrogen-bond donors (Lipinski definition) is 2. The van der Waals surface area contributed by atoms with Gasteiger partial charge in [0, 0.05) is 11.2 Å². The average molecular weight is 333 g/mol. The van der Waals surface area contributed by atoms with E-state index in [-0.39, 0.29) is 17.7 Å². The number of hydrogen-bond acceptors (Lipinski definition) is 2. The van der Waals surface area contributed by atoms with E-state index in [9.17, 15) is 4.79 Å². The minimum Gasteiger partial charge on any atom is -0.358 e. The number of benzene rings is 2. The highest BCUT2D eigenvalue weighted by Crippen LogP contribution is 2.21. The summed E-state index contributed by atoms with van der Waals surface area (Å²) in [4.78, 5) is 15.3. The van der Waals surface area contributed by atoms with Gasteiger partial charge in [-0.15, -0.1) is 0 Å². The van der Waals surface area contributed by atoms with Crippen molar-refractivity contribution in [3.8, 4) is 0 Å². The van der Waals surface area contributed by atoms with Gasteiger partial charge in [0.1, 0.15) is 0 Å². The summed E-state index contributed by atoms with van der Waals surface area (Å²) >= 11 is 0. The van der Waals surface area contributed by atoms with Gasteiger partial charge in [0.2, 0.25) is 5.91 Å². The summed E-state index contributed by atoms with van der Waals surface area (Å²) in [6, 6.07) is 18.2. The van der Waals surface area contributed by atoms with Gasteiger partial charge in [-0.05, 0) is 34.1 Å². The van der Waals surface area contributed by atoms with E-state index >= 15 is 0 Å². The van der Waals surface area contributed by atoms with Crippen molar-refractivity contribution in [2.24, 2.45) is 5.10 Å². The second-order valence-corrected chi connectivity index (χ2v) is 7.22. The SMILES string of the molecule is CC(C)(C)c1ccc(C=NNC(=O)Cc2cc3ccccc3[nH]2)cc1. The summed E-state index contributed by atoms with van der Waals surface area (Å²) in [5, 5.41) is 5.15. The van der Waals surface area contributed by atoms with Crippen LogP contribution in [0.2, 0.25) is 0 Å². The Morgan fingerprint density at radius 3 is 2.52 bits per heavy atom. The van der Waals surface area contributed by atoms with Crippen LogP contribution in [-0.2, 0) is 16.6 Å². The molecule has 1 heterocycles. The topological polar surface area (TPSA) is 57.2 Å². The highest BCUT2D eigenvalue weighted by atomic mass is 16.2. The quantitative estimate of drug-likeness (QED) is 0.547. The van der Waals surface area contributed by atoms with E-state index < -0.39 is 0 Å². The molecule has 3 aromatic rings. The zero-order valence-electron chi connectivity index (χ0n) is 14.8. The Balaban J connectivity index is 1.57. The molecule has 0 radical (unpaired) electrons. The lowest BCUT2D eigenvalue weighted by Crippen LogP contribution is -2.19. The number of aromatic amines is 1. The minimum atomic E-state index is -0.144. The Morgan fingerprint density at radius 1 is 1.12 bits per heavy atom. The van der Waals surface area contributed by atoms with Gasteiger partial charge in [-0.2, -0.15) is 5.10 Å². The molecule has 128 valence electrons. The first kappa shape index (κ1) is 17.0. The summed E-state index contributed by atoms with van der Waals surface area (Å²) in [7, 11) is 0. The normalized spacial score (nSPS) is 12.0. The van der Waals surface area contributed by atoms with Crippen LogP contribution in [0.3, 0.4) is 0 Å². The Morgan fingerprint density at radius 2 is 1.84 bits per heavy atom. The highest BCUT2D eigenvalue weighted by molar-refractivity contribution is 5.85. The number of fused-ring (bicyclic) bond motifs is 1. The number of carbonyl (C=O) groups excluding carboxylic acids is 1. The van der Waals surface area contributed by atoms with Gasteiger partial charge < -0.3 is 4.98 Å². The third kappa shape index (κ3) is 4.35. The van der Waals surface area contributed by atoms with Crippen LogP contribution in [-0.4, -0.2) is 17.1 Å². The van der Waals surface area contributed by atoms with Crippen LogP contribution in [0, 0.1) is 0 Å². The van der Waals surface area contributed by atoms with E-state index in [1.54, 1.807) is 6.21 Å². The molecule has 4 nitrogen and oxygen atoms in total. The first-order valence-electron chi connectivity index (χ1n) is 8.41. The van der Waals surface area contributed by atoms with Crippen molar-refractivity contribution in [3.63, 3.8) is 0 Å². The van der Waals surface area contributed by atoms with Crippen molar-refractivity contribution >= 4 is 23.0 Å². The van der Waals surface area contributed by atoms with Crippen LogP contribution < -0.4 is 5.43 Å². The number of nitrogens with zero attached hydrogens (tertiary/aromatic N) is 1. The average Bonchev–Trinajstić information content (AvgIpc) is 2.96. The van der Waals surface area contributed by atoms with Gasteiger partial charge >= 0.3 is 0 Å². The number of carbonyl (C=O) groups is 1. The predicted molar refractivity (Wildman–Crippen MR) is 103 cm³/mol. The molecule has 0 spiro atoms. The molecule has 0 aliphatic rings. The van der Waals surface area contributed by atoms with Gasteiger partial charge in [-0.3, -0.25) is 4.79 Å². The van der Waals surface area contributed by atoms with Crippen molar-refractivity contribution in [2.75, 3.05) is 0 Å². The van der Waals surface area contributed by atoms with Crippen molar-refractivity contribution < 1.29 is 4.79 Å². The number of aromatic nitrogens is 1. The highest BCUT2D eigenvalue weighted by Gasteiger charge is 2.12. The summed E-state index contributed by atoms with van der Waals surface area (Å²) in [5.41, 5.74) is 6.85. The summed E-state index contributed by atoms with van der Waals surface area (Å²) in [6.45, 7) is 6.54. The van der Waals surface area contributed by atoms with E-state index in [4.69, 9.17) is 0 Å². The summed E-state index contributed by atoms with van der Waals surface area (Å²) < 4.78 is 0. The number of H-pyrrole nitrogens is 1. The Labute approximate surface area is 148 Å². The lowest BCUT2D eigenvalue weighted by Gasteiger charge is -2.18. The molecule has 2 N–H and O–H groups in total. The summed E-state index contributed by atoms with van der Waals surface area (Å²) in [5.74, 6) is -0.144. The molecule has 0 bridgehead atoms. The first-order valence-corrected chi connectivity index (χ1v) is 8.41. The second-order valence-electron chi connectivity index (χ2n) is 7.22. The maximum absolute atomic E-state index is 12.0. The second kappa shape index (κ2) is 6.93. The fraction of sp³-hybridized carbons (Fsp3) is 0.238. The largest absolute Gasteiger partial charge is 0.358 e. The lowest BCUT2D eigenvalue weighted by atomic mass is 9.87. The number of para-hydroxylation sites is 1. The molecule has 4 heteroatoms. The smallest absolute Gasteiger partial charge is 0.245 e.